The number of halogens is 6. The molecule has 0 spiro atoms. The van der Waals surface area contributed by atoms with E-state index < -0.39 is 47.0 Å². The lowest BCUT2D eigenvalue weighted by atomic mass is 9.64. The molecule has 0 N–H and O–H groups in total. The SMILES string of the molecule is COC(C)(C(F)(F)F)C1(F)C2CC(C(C)C2C)C1(F)F. The Morgan fingerprint density at radius 3 is 1.80 bits per heavy atom. The van der Waals surface area contributed by atoms with E-state index in [1.54, 1.807) is 6.92 Å². The molecule has 20 heavy (non-hydrogen) atoms. The number of hydrogen-bond acceptors (Lipinski definition) is 1. The molecule has 0 saturated heterocycles. The average Bonchev–Trinajstić information content (AvgIpc) is 2.73. The molecule has 7 heteroatoms. The molecule has 0 aromatic rings. The normalized spacial score (nSPS) is 46.5. The quantitative estimate of drug-likeness (QED) is 0.694. The Bertz CT molecular complexity index is 408. The zero-order chi connectivity index (χ0) is 15.7. The molecule has 0 aliphatic heterocycles. The summed E-state index contributed by atoms with van der Waals surface area (Å²) in [5, 5.41) is 0. The number of ether oxygens (including phenoxy) is 1. The van der Waals surface area contributed by atoms with E-state index in [0.29, 0.717) is 14.0 Å². The van der Waals surface area contributed by atoms with Crippen molar-refractivity contribution in [3.63, 3.8) is 0 Å². The molecule has 118 valence electrons. The monoisotopic (exact) mass is 304 g/mol. The van der Waals surface area contributed by atoms with Crippen LogP contribution in [0.2, 0.25) is 0 Å². The van der Waals surface area contributed by atoms with Gasteiger partial charge in [0, 0.05) is 18.9 Å². The summed E-state index contributed by atoms with van der Waals surface area (Å²) < 4.78 is 87.8. The van der Waals surface area contributed by atoms with Gasteiger partial charge in [-0.3, -0.25) is 0 Å². The van der Waals surface area contributed by atoms with Crippen LogP contribution in [0.15, 0.2) is 0 Å². The Kier molecular flexibility index (Phi) is 3.22. The van der Waals surface area contributed by atoms with E-state index in [-0.39, 0.29) is 6.42 Å². The fourth-order valence-corrected chi connectivity index (χ4v) is 4.10. The molecule has 0 heterocycles. The smallest absolute Gasteiger partial charge is 0.366 e. The first-order valence-electron chi connectivity index (χ1n) is 6.54. The van der Waals surface area contributed by atoms with Gasteiger partial charge in [-0.05, 0) is 25.2 Å². The summed E-state index contributed by atoms with van der Waals surface area (Å²) in [6.45, 7) is 3.46. The summed E-state index contributed by atoms with van der Waals surface area (Å²) in [5.41, 5.74) is -7.25. The van der Waals surface area contributed by atoms with Crippen LogP contribution in [0.25, 0.3) is 0 Å². The highest BCUT2D eigenvalue weighted by Crippen LogP contribution is 2.70. The Labute approximate surface area is 113 Å². The molecule has 2 bridgehead atoms. The van der Waals surface area contributed by atoms with Crippen molar-refractivity contribution < 1.29 is 31.1 Å². The van der Waals surface area contributed by atoms with Crippen molar-refractivity contribution in [3.8, 4) is 0 Å². The summed E-state index contributed by atoms with van der Waals surface area (Å²) in [7, 11) is 0.630. The van der Waals surface area contributed by atoms with Crippen LogP contribution in [0, 0.1) is 23.7 Å². The third-order valence-electron chi connectivity index (χ3n) is 5.71. The molecule has 6 atom stereocenters. The minimum absolute atomic E-state index is 0.235. The zero-order valence-corrected chi connectivity index (χ0v) is 11.7. The van der Waals surface area contributed by atoms with Crippen LogP contribution in [0.4, 0.5) is 26.3 Å². The molecule has 0 radical (unpaired) electrons. The predicted molar refractivity (Wildman–Crippen MR) is 60.2 cm³/mol. The lowest BCUT2D eigenvalue weighted by molar-refractivity contribution is -0.356. The van der Waals surface area contributed by atoms with Gasteiger partial charge in [-0.15, -0.1) is 0 Å². The predicted octanol–water partition coefficient (Wildman–Crippen LogP) is 4.22. The molecule has 2 saturated carbocycles. The maximum Gasteiger partial charge on any atom is 0.420 e. The van der Waals surface area contributed by atoms with Gasteiger partial charge in [-0.25, -0.2) is 13.2 Å². The van der Waals surface area contributed by atoms with Crippen LogP contribution in [0.1, 0.15) is 27.2 Å². The average molecular weight is 304 g/mol. The van der Waals surface area contributed by atoms with E-state index >= 15 is 4.39 Å². The first kappa shape index (κ1) is 15.9. The van der Waals surface area contributed by atoms with Crippen molar-refractivity contribution in [2.45, 2.75) is 50.6 Å². The third-order valence-corrected chi connectivity index (χ3v) is 5.71. The highest BCUT2D eigenvalue weighted by atomic mass is 19.4. The highest BCUT2D eigenvalue weighted by molar-refractivity contribution is 5.24. The van der Waals surface area contributed by atoms with E-state index in [0.717, 1.165) is 0 Å². The van der Waals surface area contributed by atoms with Gasteiger partial charge in [0.15, 0.2) is 0 Å². The Morgan fingerprint density at radius 2 is 1.45 bits per heavy atom. The van der Waals surface area contributed by atoms with E-state index in [2.05, 4.69) is 4.74 Å². The standard InChI is InChI=1S/C13H18F6O/c1-6-7(2)9-5-8(6)11(14,12(9,15)16)10(3,20-4)13(17,18)19/h6-9H,5H2,1-4H3. The van der Waals surface area contributed by atoms with Crippen molar-refractivity contribution in [2.75, 3.05) is 7.11 Å². The number of rotatable bonds is 2. The lowest BCUT2D eigenvalue weighted by Crippen LogP contribution is -2.71. The second-order valence-electron chi connectivity index (χ2n) is 6.24. The molecule has 1 nitrogen and oxygen atoms in total. The van der Waals surface area contributed by atoms with Crippen molar-refractivity contribution in [1.29, 1.82) is 0 Å². The van der Waals surface area contributed by atoms with Crippen LogP contribution >= 0.6 is 0 Å². The molecular formula is C13H18F6O. The van der Waals surface area contributed by atoms with E-state index in [1.807, 2.05) is 0 Å². The second-order valence-corrected chi connectivity index (χ2v) is 6.24. The first-order valence-corrected chi connectivity index (χ1v) is 6.54. The van der Waals surface area contributed by atoms with Crippen LogP contribution in [0.5, 0.6) is 0 Å². The van der Waals surface area contributed by atoms with Gasteiger partial charge >= 0.3 is 6.18 Å². The van der Waals surface area contributed by atoms with Gasteiger partial charge < -0.3 is 4.74 Å². The van der Waals surface area contributed by atoms with Gasteiger partial charge in [-0.2, -0.15) is 13.2 Å². The van der Waals surface area contributed by atoms with Gasteiger partial charge in [0.25, 0.3) is 5.92 Å². The molecule has 0 aromatic heterocycles. The molecule has 6 unspecified atom stereocenters. The van der Waals surface area contributed by atoms with Crippen molar-refractivity contribution >= 4 is 0 Å². The largest absolute Gasteiger partial charge is 0.420 e. The van der Waals surface area contributed by atoms with Gasteiger partial charge in [0.1, 0.15) is 0 Å². The fraction of sp³-hybridized carbons (Fsp3) is 1.00. The van der Waals surface area contributed by atoms with Crippen molar-refractivity contribution in [2.24, 2.45) is 23.7 Å². The topological polar surface area (TPSA) is 9.23 Å². The van der Waals surface area contributed by atoms with Gasteiger partial charge in [0.2, 0.25) is 11.3 Å². The lowest BCUT2D eigenvalue weighted by Gasteiger charge is -2.51. The Balaban J connectivity index is 2.60. The van der Waals surface area contributed by atoms with Crippen molar-refractivity contribution in [1.82, 2.24) is 0 Å². The maximum atomic E-state index is 15.2. The maximum absolute atomic E-state index is 15.2. The zero-order valence-electron chi connectivity index (χ0n) is 11.7. The van der Waals surface area contributed by atoms with Crippen LogP contribution in [-0.2, 0) is 4.74 Å². The number of methoxy groups -OCH3 is 1. The van der Waals surface area contributed by atoms with Crippen LogP contribution < -0.4 is 0 Å². The summed E-state index contributed by atoms with van der Waals surface area (Å²) in [4.78, 5) is 0. The van der Waals surface area contributed by atoms with Crippen molar-refractivity contribution in [3.05, 3.63) is 0 Å². The summed E-state index contributed by atoms with van der Waals surface area (Å²) >= 11 is 0. The number of alkyl halides is 6. The number of hydrogen-bond donors (Lipinski definition) is 0. The fourth-order valence-electron chi connectivity index (χ4n) is 4.10. The second kappa shape index (κ2) is 4.05. The molecule has 0 aromatic carbocycles. The molecule has 2 fully saturated rings. The van der Waals surface area contributed by atoms with Gasteiger partial charge in [0.05, 0.1) is 0 Å². The Morgan fingerprint density at radius 1 is 1.00 bits per heavy atom. The first-order chi connectivity index (χ1) is 8.86. The van der Waals surface area contributed by atoms with E-state index in [4.69, 9.17) is 0 Å². The molecule has 2 rings (SSSR count). The van der Waals surface area contributed by atoms with E-state index in [9.17, 15) is 22.0 Å². The Hall–Kier alpha value is -0.460. The molecular weight excluding hydrogens is 286 g/mol. The summed E-state index contributed by atoms with van der Waals surface area (Å²) in [6.07, 6.45) is -5.45. The summed E-state index contributed by atoms with van der Waals surface area (Å²) in [5.74, 6) is -7.83. The minimum atomic E-state index is -5.21. The van der Waals surface area contributed by atoms with Crippen LogP contribution in [0.3, 0.4) is 0 Å². The van der Waals surface area contributed by atoms with Gasteiger partial charge in [-0.1, -0.05) is 13.8 Å². The highest BCUT2D eigenvalue weighted by Gasteiger charge is 2.85. The number of fused-ring (bicyclic) bond motifs is 2. The molecule has 2 aliphatic rings. The molecule has 0 amide bonds. The molecule has 2 aliphatic carbocycles. The van der Waals surface area contributed by atoms with Crippen LogP contribution in [-0.4, -0.2) is 30.5 Å². The van der Waals surface area contributed by atoms with E-state index in [1.165, 1.54) is 6.92 Å². The third kappa shape index (κ3) is 1.45. The minimum Gasteiger partial charge on any atom is -0.366 e. The summed E-state index contributed by atoms with van der Waals surface area (Å²) in [6, 6.07) is 0.